The van der Waals surface area contributed by atoms with Gasteiger partial charge >= 0.3 is 0 Å². The average Bonchev–Trinajstić information content (AvgIpc) is 2.73. The summed E-state index contributed by atoms with van der Waals surface area (Å²) in [4.78, 5) is 18.5. The van der Waals surface area contributed by atoms with Crippen LogP contribution in [0, 0.1) is 0 Å². The van der Waals surface area contributed by atoms with E-state index in [4.69, 9.17) is 9.47 Å². The summed E-state index contributed by atoms with van der Waals surface area (Å²) >= 11 is 0. The number of nitrogens with one attached hydrogen (secondary N) is 1. The number of ether oxygens (including phenoxy) is 2. The number of carbonyl (C=O) groups excluding carboxylic acids is 1. The molecule has 0 atom stereocenters. The number of amides is 1. The van der Waals surface area contributed by atoms with E-state index in [2.05, 4.69) is 10.3 Å². The molecule has 0 aliphatic carbocycles. The fourth-order valence-corrected chi connectivity index (χ4v) is 2.63. The first-order valence-corrected chi connectivity index (χ1v) is 8.40. The molecule has 1 heterocycles. The fourth-order valence-electron chi connectivity index (χ4n) is 2.63. The Morgan fingerprint density at radius 2 is 1.78 bits per heavy atom. The molecule has 0 unspecified atom stereocenters. The summed E-state index contributed by atoms with van der Waals surface area (Å²) < 4.78 is 10.6. The Morgan fingerprint density at radius 1 is 1.00 bits per heavy atom. The number of hydrogen-bond acceptors (Lipinski definition) is 5. The van der Waals surface area contributed by atoms with Crippen molar-refractivity contribution >= 4 is 23.0 Å². The maximum Gasteiger partial charge on any atom is 0.276 e. The van der Waals surface area contributed by atoms with Gasteiger partial charge in [0.05, 0.1) is 19.9 Å². The van der Waals surface area contributed by atoms with Crippen molar-refractivity contribution in [2.45, 2.75) is 0 Å². The van der Waals surface area contributed by atoms with Crippen molar-refractivity contribution < 1.29 is 14.3 Å². The van der Waals surface area contributed by atoms with Gasteiger partial charge < -0.3 is 19.7 Å². The predicted molar refractivity (Wildman–Crippen MR) is 106 cm³/mol. The van der Waals surface area contributed by atoms with Crippen LogP contribution in [-0.2, 0) is 0 Å². The highest BCUT2D eigenvalue weighted by molar-refractivity contribution is 6.04. The number of aromatic nitrogens is 1. The Morgan fingerprint density at radius 3 is 2.48 bits per heavy atom. The minimum absolute atomic E-state index is 0.192. The van der Waals surface area contributed by atoms with Crippen LogP contribution in [0.1, 0.15) is 10.5 Å². The van der Waals surface area contributed by atoms with Crippen LogP contribution < -0.4 is 19.7 Å². The molecule has 0 aliphatic rings. The smallest absolute Gasteiger partial charge is 0.276 e. The second-order valence-electron chi connectivity index (χ2n) is 5.82. The van der Waals surface area contributed by atoms with Crippen molar-refractivity contribution in [3.8, 4) is 11.5 Å². The Bertz CT molecular complexity index is 929. The molecule has 0 fully saturated rings. The monoisotopic (exact) mass is 363 g/mol. The third-order valence-corrected chi connectivity index (χ3v) is 4.11. The number of rotatable bonds is 6. The van der Waals surface area contributed by atoms with Gasteiger partial charge in [-0.1, -0.05) is 18.2 Å². The lowest BCUT2D eigenvalue weighted by Gasteiger charge is -2.17. The van der Waals surface area contributed by atoms with Crippen molar-refractivity contribution in [1.29, 1.82) is 0 Å². The molecule has 27 heavy (non-hydrogen) atoms. The fraction of sp³-hybridized carbons (Fsp3) is 0.143. The summed E-state index contributed by atoms with van der Waals surface area (Å²) in [7, 11) is 4.93. The number of hydrogen-bond donors (Lipinski definition) is 1. The standard InChI is InChI=1S/C21H21N3O3/c1-24(16-7-5-4-6-8-16)21(25)19-13-15(11-12-22-19)23-18-14-17(26-2)9-10-20(18)27-3/h4-14H,1-3H3,(H,22,23). The zero-order chi connectivity index (χ0) is 19.2. The van der Waals surface area contributed by atoms with Crippen molar-refractivity contribution in [3.63, 3.8) is 0 Å². The molecule has 6 heteroatoms. The third kappa shape index (κ3) is 4.17. The molecule has 1 amide bonds. The van der Waals surface area contributed by atoms with Crippen LogP contribution in [0.5, 0.6) is 11.5 Å². The van der Waals surface area contributed by atoms with Gasteiger partial charge in [0.2, 0.25) is 0 Å². The van der Waals surface area contributed by atoms with Crippen LogP contribution in [0.3, 0.4) is 0 Å². The van der Waals surface area contributed by atoms with E-state index in [0.29, 0.717) is 17.2 Å². The van der Waals surface area contributed by atoms with Gasteiger partial charge in [0, 0.05) is 30.7 Å². The van der Waals surface area contributed by atoms with Crippen LogP contribution >= 0.6 is 0 Å². The molecule has 0 saturated heterocycles. The van der Waals surface area contributed by atoms with E-state index in [0.717, 1.165) is 17.1 Å². The lowest BCUT2D eigenvalue weighted by Crippen LogP contribution is -2.27. The maximum absolute atomic E-state index is 12.8. The lowest BCUT2D eigenvalue weighted by molar-refractivity contribution is 0.0988. The Kier molecular flexibility index (Phi) is 5.56. The number of para-hydroxylation sites is 1. The molecule has 6 nitrogen and oxygen atoms in total. The van der Waals surface area contributed by atoms with Crippen LogP contribution in [0.4, 0.5) is 17.1 Å². The van der Waals surface area contributed by atoms with E-state index in [1.54, 1.807) is 44.5 Å². The van der Waals surface area contributed by atoms with Gasteiger partial charge in [0.1, 0.15) is 17.2 Å². The average molecular weight is 363 g/mol. The molecule has 0 saturated carbocycles. The largest absolute Gasteiger partial charge is 0.497 e. The summed E-state index contributed by atoms with van der Waals surface area (Å²) in [6, 6.07) is 18.4. The Hall–Kier alpha value is -3.54. The van der Waals surface area contributed by atoms with E-state index in [1.807, 2.05) is 48.5 Å². The third-order valence-electron chi connectivity index (χ3n) is 4.11. The van der Waals surface area contributed by atoms with Gasteiger partial charge in [-0.15, -0.1) is 0 Å². The van der Waals surface area contributed by atoms with E-state index in [9.17, 15) is 4.79 Å². The van der Waals surface area contributed by atoms with Crippen LogP contribution in [-0.4, -0.2) is 32.2 Å². The molecular weight excluding hydrogens is 342 g/mol. The van der Waals surface area contributed by atoms with Gasteiger partial charge in [0.15, 0.2) is 0 Å². The number of methoxy groups -OCH3 is 2. The minimum atomic E-state index is -0.192. The molecule has 1 N–H and O–H groups in total. The van der Waals surface area contributed by atoms with Crippen molar-refractivity contribution in [3.05, 3.63) is 72.6 Å². The van der Waals surface area contributed by atoms with Crippen LogP contribution in [0.15, 0.2) is 66.9 Å². The highest BCUT2D eigenvalue weighted by Crippen LogP contribution is 2.31. The highest BCUT2D eigenvalue weighted by Gasteiger charge is 2.15. The first-order valence-electron chi connectivity index (χ1n) is 8.40. The van der Waals surface area contributed by atoms with Crippen LogP contribution in [0.25, 0.3) is 0 Å². The number of benzene rings is 2. The van der Waals surface area contributed by atoms with Gasteiger partial charge in [-0.3, -0.25) is 9.78 Å². The van der Waals surface area contributed by atoms with E-state index in [1.165, 1.54) is 0 Å². The van der Waals surface area contributed by atoms with Gasteiger partial charge in [-0.05, 0) is 36.4 Å². The molecule has 0 bridgehead atoms. The van der Waals surface area contributed by atoms with Crippen molar-refractivity contribution in [1.82, 2.24) is 4.98 Å². The maximum atomic E-state index is 12.8. The topological polar surface area (TPSA) is 63.7 Å². The SMILES string of the molecule is COc1ccc(OC)c(Nc2ccnc(C(=O)N(C)c3ccccc3)c2)c1. The minimum Gasteiger partial charge on any atom is -0.497 e. The summed E-state index contributed by atoms with van der Waals surface area (Å²) in [6.07, 6.45) is 1.60. The summed E-state index contributed by atoms with van der Waals surface area (Å²) in [5.41, 5.74) is 2.60. The number of carbonyl (C=O) groups is 1. The van der Waals surface area contributed by atoms with Gasteiger partial charge in [0.25, 0.3) is 5.91 Å². The van der Waals surface area contributed by atoms with Crippen molar-refractivity contribution in [2.75, 3.05) is 31.5 Å². The number of nitrogens with zero attached hydrogens (tertiary/aromatic N) is 2. The Balaban J connectivity index is 1.85. The van der Waals surface area contributed by atoms with Gasteiger partial charge in [-0.2, -0.15) is 0 Å². The van der Waals surface area contributed by atoms with E-state index in [-0.39, 0.29) is 5.91 Å². The molecule has 0 spiro atoms. The first kappa shape index (κ1) is 18.3. The summed E-state index contributed by atoms with van der Waals surface area (Å²) in [5.74, 6) is 1.18. The normalized spacial score (nSPS) is 10.2. The zero-order valence-electron chi connectivity index (χ0n) is 15.5. The number of pyridine rings is 1. The van der Waals surface area contributed by atoms with Crippen molar-refractivity contribution in [2.24, 2.45) is 0 Å². The molecule has 2 aromatic carbocycles. The molecule has 138 valence electrons. The summed E-state index contributed by atoms with van der Waals surface area (Å²) in [6.45, 7) is 0. The second kappa shape index (κ2) is 8.23. The number of anilines is 3. The first-order chi connectivity index (χ1) is 13.1. The molecule has 3 aromatic rings. The predicted octanol–water partition coefficient (Wildman–Crippen LogP) is 4.12. The van der Waals surface area contributed by atoms with E-state index < -0.39 is 0 Å². The van der Waals surface area contributed by atoms with E-state index >= 15 is 0 Å². The highest BCUT2D eigenvalue weighted by atomic mass is 16.5. The molecule has 0 radical (unpaired) electrons. The van der Waals surface area contributed by atoms with Gasteiger partial charge in [-0.25, -0.2) is 0 Å². The molecular formula is C21H21N3O3. The molecule has 3 rings (SSSR count). The zero-order valence-corrected chi connectivity index (χ0v) is 15.5. The van der Waals surface area contributed by atoms with Crippen LogP contribution in [0.2, 0.25) is 0 Å². The Labute approximate surface area is 158 Å². The molecule has 1 aromatic heterocycles. The lowest BCUT2D eigenvalue weighted by atomic mass is 10.2. The second-order valence-corrected chi connectivity index (χ2v) is 5.82. The quantitative estimate of drug-likeness (QED) is 0.714. The summed E-state index contributed by atoms with van der Waals surface area (Å²) in [5, 5.41) is 3.26. The molecule has 0 aliphatic heterocycles.